The summed E-state index contributed by atoms with van der Waals surface area (Å²) in [4.78, 5) is 7.64. The highest BCUT2D eigenvalue weighted by atomic mass is 16.6. The lowest BCUT2D eigenvalue weighted by molar-refractivity contribution is 0.163. The molecule has 0 fully saturated rings. The summed E-state index contributed by atoms with van der Waals surface area (Å²) in [6, 6.07) is 0. The summed E-state index contributed by atoms with van der Waals surface area (Å²) in [6.07, 6.45) is 3.04. The summed E-state index contributed by atoms with van der Waals surface area (Å²) in [5.41, 5.74) is 0. The van der Waals surface area contributed by atoms with E-state index in [0.717, 1.165) is 0 Å². The Kier molecular flexibility index (Phi) is 1.16. The Balaban J connectivity index is 2.41. The van der Waals surface area contributed by atoms with Crippen LogP contribution in [0.2, 0.25) is 0 Å². The highest BCUT2D eigenvalue weighted by molar-refractivity contribution is 5.30. The highest BCUT2D eigenvalue weighted by Gasteiger charge is 2.10. The summed E-state index contributed by atoms with van der Waals surface area (Å²) in [5, 5.41) is 0. The average molecular weight is 138 g/mol. The Hall–Kier alpha value is -1.32. The molecule has 0 saturated carbocycles. The van der Waals surface area contributed by atoms with Gasteiger partial charge in [0.25, 0.3) is 5.88 Å². The molecule has 4 heteroatoms. The normalized spacial score (nSPS) is 14.8. The van der Waals surface area contributed by atoms with Crippen LogP contribution in [0.1, 0.15) is 0 Å². The molecule has 0 amide bonds. The van der Waals surface area contributed by atoms with Gasteiger partial charge >= 0.3 is 0 Å². The van der Waals surface area contributed by atoms with E-state index in [-0.39, 0.29) is 0 Å². The molecule has 0 spiro atoms. The van der Waals surface area contributed by atoms with Crippen LogP contribution in [0.15, 0.2) is 12.5 Å². The van der Waals surface area contributed by atoms with Crippen molar-refractivity contribution in [2.45, 2.75) is 0 Å². The predicted octanol–water partition coefficient (Wildman–Crippen LogP) is 0.248. The lowest BCUT2D eigenvalue weighted by Crippen LogP contribution is -2.16. The van der Waals surface area contributed by atoms with E-state index in [2.05, 4.69) is 9.97 Å². The zero-order chi connectivity index (χ0) is 6.81. The molecule has 0 aliphatic carbocycles. The molecule has 52 valence electrons. The maximum Gasteiger partial charge on any atom is 0.260 e. The number of nitrogens with zero attached hydrogens (tertiary/aromatic N) is 2. The van der Waals surface area contributed by atoms with Crippen molar-refractivity contribution in [3.8, 4) is 11.6 Å². The van der Waals surface area contributed by atoms with Gasteiger partial charge in [0.15, 0.2) is 5.75 Å². The zero-order valence-electron chi connectivity index (χ0n) is 5.28. The second-order valence-electron chi connectivity index (χ2n) is 1.89. The Morgan fingerprint density at radius 3 is 3.10 bits per heavy atom. The molecule has 1 aliphatic rings. The molecule has 2 heterocycles. The van der Waals surface area contributed by atoms with Crippen LogP contribution in [0.25, 0.3) is 0 Å². The number of hydrogen-bond donors (Lipinski definition) is 0. The molecule has 1 aromatic rings. The van der Waals surface area contributed by atoms with E-state index in [1.165, 1.54) is 6.33 Å². The minimum absolute atomic E-state index is 0.543. The SMILES string of the molecule is c1ncc2c(n1)OCCO2. The summed E-state index contributed by atoms with van der Waals surface area (Å²) < 4.78 is 10.3. The molecule has 0 bridgehead atoms. The standard InChI is InChI=1S/C6H6N2O2/c1-2-10-6-5(9-1)3-7-4-8-6/h3-4H,1-2H2. The topological polar surface area (TPSA) is 44.2 Å². The van der Waals surface area contributed by atoms with Gasteiger partial charge in [-0.2, -0.15) is 4.98 Å². The number of aromatic nitrogens is 2. The van der Waals surface area contributed by atoms with Crippen molar-refractivity contribution in [1.29, 1.82) is 0 Å². The van der Waals surface area contributed by atoms with Crippen LogP contribution in [-0.2, 0) is 0 Å². The van der Waals surface area contributed by atoms with Gasteiger partial charge in [0.2, 0.25) is 0 Å². The molecule has 0 aromatic carbocycles. The Bertz CT molecular complexity index is 214. The van der Waals surface area contributed by atoms with Crippen LogP contribution in [0.4, 0.5) is 0 Å². The Morgan fingerprint density at radius 1 is 1.30 bits per heavy atom. The molecule has 0 unspecified atom stereocenters. The molecule has 10 heavy (non-hydrogen) atoms. The molecule has 2 rings (SSSR count). The van der Waals surface area contributed by atoms with E-state index in [4.69, 9.17) is 9.47 Å². The first-order chi connectivity index (χ1) is 4.97. The minimum Gasteiger partial charge on any atom is -0.483 e. The fourth-order valence-corrected chi connectivity index (χ4v) is 0.803. The third-order valence-corrected chi connectivity index (χ3v) is 1.22. The third kappa shape index (κ3) is 0.775. The van der Waals surface area contributed by atoms with Crippen molar-refractivity contribution in [2.24, 2.45) is 0 Å². The minimum atomic E-state index is 0.543. The van der Waals surface area contributed by atoms with Crippen molar-refractivity contribution in [3.05, 3.63) is 12.5 Å². The van der Waals surface area contributed by atoms with E-state index in [1.807, 2.05) is 0 Å². The molecule has 0 radical (unpaired) electrons. The van der Waals surface area contributed by atoms with Gasteiger partial charge in [-0.05, 0) is 0 Å². The summed E-state index contributed by atoms with van der Waals surface area (Å²) in [5.74, 6) is 1.18. The molecule has 4 nitrogen and oxygen atoms in total. The van der Waals surface area contributed by atoms with Crippen LogP contribution in [0.3, 0.4) is 0 Å². The number of ether oxygens (including phenoxy) is 2. The quantitative estimate of drug-likeness (QED) is 0.515. The largest absolute Gasteiger partial charge is 0.483 e. The molecular formula is C6H6N2O2. The van der Waals surface area contributed by atoms with Gasteiger partial charge in [0.05, 0.1) is 6.20 Å². The summed E-state index contributed by atoms with van der Waals surface area (Å²) in [6.45, 7) is 1.16. The molecule has 0 N–H and O–H groups in total. The van der Waals surface area contributed by atoms with Gasteiger partial charge in [-0.3, -0.25) is 0 Å². The molecule has 0 saturated heterocycles. The average Bonchev–Trinajstić information content (AvgIpc) is 2.05. The fraction of sp³-hybridized carbons (Fsp3) is 0.333. The van der Waals surface area contributed by atoms with E-state index < -0.39 is 0 Å². The van der Waals surface area contributed by atoms with Crippen molar-refractivity contribution in [1.82, 2.24) is 9.97 Å². The predicted molar refractivity (Wildman–Crippen MR) is 33.0 cm³/mol. The van der Waals surface area contributed by atoms with Crippen molar-refractivity contribution < 1.29 is 9.47 Å². The first-order valence-corrected chi connectivity index (χ1v) is 3.02. The lowest BCUT2D eigenvalue weighted by atomic mass is 10.5. The second kappa shape index (κ2) is 2.13. The van der Waals surface area contributed by atoms with E-state index >= 15 is 0 Å². The number of rotatable bonds is 0. The van der Waals surface area contributed by atoms with Crippen LogP contribution in [0.5, 0.6) is 11.6 Å². The molecule has 0 atom stereocenters. The highest BCUT2D eigenvalue weighted by Crippen LogP contribution is 2.24. The zero-order valence-corrected chi connectivity index (χ0v) is 5.28. The van der Waals surface area contributed by atoms with Crippen LogP contribution < -0.4 is 9.47 Å². The van der Waals surface area contributed by atoms with Gasteiger partial charge < -0.3 is 9.47 Å². The van der Waals surface area contributed by atoms with Gasteiger partial charge in [-0.15, -0.1) is 0 Å². The van der Waals surface area contributed by atoms with Gasteiger partial charge in [0.1, 0.15) is 19.5 Å². The first-order valence-electron chi connectivity index (χ1n) is 3.02. The van der Waals surface area contributed by atoms with Gasteiger partial charge in [-0.1, -0.05) is 0 Å². The number of hydrogen-bond acceptors (Lipinski definition) is 4. The maximum atomic E-state index is 5.17. The van der Waals surface area contributed by atoms with Gasteiger partial charge in [-0.25, -0.2) is 4.98 Å². The second-order valence-corrected chi connectivity index (χ2v) is 1.89. The monoisotopic (exact) mass is 138 g/mol. The van der Waals surface area contributed by atoms with Crippen LogP contribution >= 0.6 is 0 Å². The van der Waals surface area contributed by atoms with E-state index in [1.54, 1.807) is 6.20 Å². The Morgan fingerprint density at radius 2 is 2.20 bits per heavy atom. The van der Waals surface area contributed by atoms with Crippen LogP contribution in [0, 0.1) is 0 Å². The van der Waals surface area contributed by atoms with E-state index in [9.17, 15) is 0 Å². The number of fused-ring (bicyclic) bond motifs is 1. The summed E-state index contributed by atoms with van der Waals surface area (Å²) >= 11 is 0. The molecule has 1 aromatic heterocycles. The summed E-state index contributed by atoms with van der Waals surface area (Å²) in [7, 11) is 0. The van der Waals surface area contributed by atoms with E-state index in [0.29, 0.717) is 24.8 Å². The van der Waals surface area contributed by atoms with Crippen molar-refractivity contribution in [2.75, 3.05) is 13.2 Å². The van der Waals surface area contributed by atoms with Gasteiger partial charge in [0, 0.05) is 0 Å². The lowest BCUT2D eigenvalue weighted by Gasteiger charge is -2.15. The smallest absolute Gasteiger partial charge is 0.260 e. The van der Waals surface area contributed by atoms with Crippen molar-refractivity contribution in [3.63, 3.8) is 0 Å². The molecular weight excluding hydrogens is 132 g/mol. The first kappa shape index (κ1) is 5.46. The molecule has 1 aliphatic heterocycles. The maximum absolute atomic E-state index is 5.17. The third-order valence-electron chi connectivity index (χ3n) is 1.22. The van der Waals surface area contributed by atoms with Crippen molar-refractivity contribution >= 4 is 0 Å². The Labute approximate surface area is 57.8 Å². The van der Waals surface area contributed by atoms with Crippen LogP contribution in [-0.4, -0.2) is 23.2 Å². The fourth-order valence-electron chi connectivity index (χ4n) is 0.803.